The van der Waals surface area contributed by atoms with Gasteiger partial charge in [-0.15, -0.1) is 0 Å². The van der Waals surface area contributed by atoms with E-state index in [-0.39, 0.29) is 6.10 Å². The smallest absolute Gasteiger partial charge is 0.0636 e. The summed E-state index contributed by atoms with van der Waals surface area (Å²) in [7, 11) is 0. The van der Waals surface area contributed by atoms with E-state index in [1.165, 1.54) is 5.56 Å². The Hall–Kier alpha value is -0.860. The maximum Gasteiger partial charge on any atom is 0.0636 e. The van der Waals surface area contributed by atoms with Crippen molar-refractivity contribution in [3.63, 3.8) is 0 Å². The van der Waals surface area contributed by atoms with Crippen molar-refractivity contribution in [3.8, 4) is 0 Å². The lowest BCUT2D eigenvalue weighted by molar-refractivity contribution is 0.187. The van der Waals surface area contributed by atoms with Crippen molar-refractivity contribution in [2.45, 2.75) is 26.0 Å². The highest BCUT2D eigenvalue weighted by molar-refractivity contribution is 5.17. The SMILES string of the molecule is CC(NC[C@@H](C)O)c1ccccc1. The lowest BCUT2D eigenvalue weighted by atomic mass is 10.1. The van der Waals surface area contributed by atoms with Gasteiger partial charge in [0.25, 0.3) is 0 Å². The van der Waals surface area contributed by atoms with Gasteiger partial charge in [-0.3, -0.25) is 0 Å². The lowest BCUT2D eigenvalue weighted by Crippen LogP contribution is -2.27. The molecule has 0 aliphatic heterocycles. The Balaban J connectivity index is 2.44. The highest BCUT2D eigenvalue weighted by Crippen LogP contribution is 2.10. The van der Waals surface area contributed by atoms with Gasteiger partial charge in [-0.25, -0.2) is 0 Å². The second kappa shape index (κ2) is 5.00. The van der Waals surface area contributed by atoms with Crippen molar-refractivity contribution in [2.24, 2.45) is 0 Å². The van der Waals surface area contributed by atoms with E-state index in [1.807, 2.05) is 18.2 Å². The van der Waals surface area contributed by atoms with E-state index >= 15 is 0 Å². The first-order valence-electron chi connectivity index (χ1n) is 4.66. The monoisotopic (exact) mass is 179 g/mol. The number of benzene rings is 1. The molecule has 0 aliphatic carbocycles. The Morgan fingerprint density at radius 1 is 1.23 bits per heavy atom. The molecular weight excluding hydrogens is 162 g/mol. The number of aliphatic hydroxyl groups excluding tert-OH is 1. The molecule has 1 aromatic rings. The van der Waals surface area contributed by atoms with Gasteiger partial charge < -0.3 is 10.4 Å². The first-order valence-corrected chi connectivity index (χ1v) is 4.66. The highest BCUT2D eigenvalue weighted by Gasteiger charge is 2.04. The van der Waals surface area contributed by atoms with Gasteiger partial charge in [-0.1, -0.05) is 30.3 Å². The molecule has 2 atom stereocenters. The highest BCUT2D eigenvalue weighted by atomic mass is 16.3. The molecule has 0 saturated heterocycles. The van der Waals surface area contributed by atoms with E-state index in [1.54, 1.807) is 6.92 Å². The third-order valence-electron chi connectivity index (χ3n) is 2.02. The molecular formula is C11H17NO. The number of hydrogen-bond donors (Lipinski definition) is 2. The first kappa shape index (κ1) is 10.2. The molecule has 2 heteroatoms. The number of rotatable bonds is 4. The topological polar surface area (TPSA) is 32.3 Å². The zero-order valence-electron chi connectivity index (χ0n) is 8.20. The summed E-state index contributed by atoms with van der Waals surface area (Å²) in [5.74, 6) is 0. The maximum absolute atomic E-state index is 9.09. The van der Waals surface area contributed by atoms with Gasteiger partial charge in [0.15, 0.2) is 0 Å². The standard InChI is InChI=1S/C11H17NO/c1-9(13)8-12-10(2)11-6-4-3-5-7-11/h3-7,9-10,12-13H,8H2,1-2H3/t9-,10?/m1/s1. The van der Waals surface area contributed by atoms with Crippen molar-refractivity contribution in [1.82, 2.24) is 5.32 Å². The van der Waals surface area contributed by atoms with E-state index in [4.69, 9.17) is 5.11 Å². The third kappa shape index (κ3) is 3.57. The number of nitrogens with one attached hydrogen (secondary N) is 1. The van der Waals surface area contributed by atoms with Crippen molar-refractivity contribution in [3.05, 3.63) is 35.9 Å². The normalized spacial score (nSPS) is 15.3. The minimum absolute atomic E-state index is 0.286. The third-order valence-corrected chi connectivity index (χ3v) is 2.02. The fourth-order valence-electron chi connectivity index (χ4n) is 1.21. The zero-order valence-corrected chi connectivity index (χ0v) is 8.20. The van der Waals surface area contributed by atoms with Crippen LogP contribution in [0.2, 0.25) is 0 Å². The summed E-state index contributed by atoms with van der Waals surface area (Å²) in [4.78, 5) is 0. The minimum atomic E-state index is -0.286. The number of aliphatic hydroxyl groups is 1. The molecule has 0 amide bonds. The predicted octanol–water partition coefficient (Wildman–Crippen LogP) is 1.72. The van der Waals surface area contributed by atoms with Crippen LogP contribution in [0.4, 0.5) is 0 Å². The molecule has 0 spiro atoms. The van der Waals surface area contributed by atoms with E-state index in [0.29, 0.717) is 12.6 Å². The molecule has 2 nitrogen and oxygen atoms in total. The molecule has 0 aliphatic rings. The van der Waals surface area contributed by atoms with Gasteiger partial charge in [0.1, 0.15) is 0 Å². The van der Waals surface area contributed by atoms with E-state index in [9.17, 15) is 0 Å². The van der Waals surface area contributed by atoms with Crippen LogP contribution in [0.15, 0.2) is 30.3 Å². The largest absolute Gasteiger partial charge is 0.392 e. The quantitative estimate of drug-likeness (QED) is 0.737. The van der Waals surface area contributed by atoms with Gasteiger partial charge in [-0.2, -0.15) is 0 Å². The van der Waals surface area contributed by atoms with Crippen LogP contribution in [-0.4, -0.2) is 17.8 Å². The Bertz CT molecular complexity index is 233. The summed E-state index contributed by atoms with van der Waals surface area (Å²) in [6.45, 7) is 4.51. The van der Waals surface area contributed by atoms with E-state index in [2.05, 4.69) is 24.4 Å². The molecule has 0 heterocycles. The summed E-state index contributed by atoms with van der Waals surface area (Å²) in [6, 6.07) is 10.5. The van der Waals surface area contributed by atoms with Crippen molar-refractivity contribution in [2.75, 3.05) is 6.54 Å². The lowest BCUT2D eigenvalue weighted by Gasteiger charge is -2.15. The van der Waals surface area contributed by atoms with Crippen LogP contribution in [0.5, 0.6) is 0 Å². The molecule has 0 radical (unpaired) electrons. The molecule has 0 fully saturated rings. The predicted molar refractivity (Wildman–Crippen MR) is 54.5 cm³/mol. The summed E-state index contributed by atoms with van der Waals surface area (Å²) in [6.07, 6.45) is -0.286. The van der Waals surface area contributed by atoms with Crippen LogP contribution in [0.25, 0.3) is 0 Å². The van der Waals surface area contributed by atoms with Gasteiger partial charge in [0.05, 0.1) is 6.10 Å². The van der Waals surface area contributed by atoms with E-state index in [0.717, 1.165) is 0 Å². The van der Waals surface area contributed by atoms with Gasteiger partial charge in [0.2, 0.25) is 0 Å². The fraction of sp³-hybridized carbons (Fsp3) is 0.455. The Morgan fingerprint density at radius 2 is 1.85 bits per heavy atom. The molecule has 0 bridgehead atoms. The summed E-state index contributed by atoms with van der Waals surface area (Å²) < 4.78 is 0. The molecule has 2 N–H and O–H groups in total. The summed E-state index contributed by atoms with van der Waals surface area (Å²) in [5, 5.41) is 12.3. The van der Waals surface area contributed by atoms with Crippen molar-refractivity contribution < 1.29 is 5.11 Å². The fourth-order valence-corrected chi connectivity index (χ4v) is 1.21. The van der Waals surface area contributed by atoms with Gasteiger partial charge in [0, 0.05) is 12.6 Å². The molecule has 1 rings (SSSR count). The van der Waals surface area contributed by atoms with Gasteiger partial charge >= 0.3 is 0 Å². The maximum atomic E-state index is 9.09. The zero-order chi connectivity index (χ0) is 9.68. The Labute approximate surface area is 79.6 Å². The molecule has 13 heavy (non-hydrogen) atoms. The molecule has 1 unspecified atom stereocenters. The average Bonchev–Trinajstić information content (AvgIpc) is 2.15. The second-order valence-electron chi connectivity index (χ2n) is 3.39. The van der Waals surface area contributed by atoms with Crippen LogP contribution in [0, 0.1) is 0 Å². The molecule has 0 aromatic heterocycles. The van der Waals surface area contributed by atoms with E-state index < -0.39 is 0 Å². The van der Waals surface area contributed by atoms with Crippen LogP contribution < -0.4 is 5.32 Å². The molecule has 0 saturated carbocycles. The minimum Gasteiger partial charge on any atom is -0.392 e. The van der Waals surface area contributed by atoms with Gasteiger partial charge in [-0.05, 0) is 19.4 Å². The molecule has 72 valence electrons. The van der Waals surface area contributed by atoms with Crippen LogP contribution in [0.1, 0.15) is 25.5 Å². The van der Waals surface area contributed by atoms with Crippen LogP contribution >= 0.6 is 0 Å². The van der Waals surface area contributed by atoms with Crippen LogP contribution in [-0.2, 0) is 0 Å². The number of hydrogen-bond acceptors (Lipinski definition) is 2. The van der Waals surface area contributed by atoms with Crippen LogP contribution in [0.3, 0.4) is 0 Å². The Kier molecular flexibility index (Phi) is 3.93. The second-order valence-corrected chi connectivity index (χ2v) is 3.39. The average molecular weight is 179 g/mol. The summed E-state index contributed by atoms with van der Waals surface area (Å²) in [5.41, 5.74) is 1.25. The first-order chi connectivity index (χ1) is 6.20. The Morgan fingerprint density at radius 3 is 2.38 bits per heavy atom. The van der Waals surface area contributed by atoms with Crippen molar-refractivity contribution >= 4 is 0 Å². The van der Waals surface area contributed by atoms with Crippen molar-refractivity contribution in [1.29, 1.82) is 0 Å². The molecule has 1 aromatic carbocycles. The summed E-state index contributed by atoms with van der Waals surface area (Å²) >= 11 is 0.